The van der Waals surface area contributed by atoms with Crippen LogP contribution >= 0.6 is 0 Å². The van der Waals surface area contributed by atoms with Gasteiger partial charge < -0.3 is 23.5 Å². The molecule has 9 heteroatoms. The van der Waals surface area contributed by atoms with Crippen LogP contribution in [0.4, 0.5) is 0 Å². The zero-order chi connectivity index (χ0) is 23.5. The van der Waals surface area contributed by atoms with Crippen molar-refractivity contribution in [2.45, 2.75) is 33.1 Å². The number of benzene rings is 2. The SMILES string of the molecule is CCOc1ccc([C@H]2Cn3nc(-c4nc(-c5ccc(OC)c(OCC)c5)no4)cc3CO2)cc1. The number of nitrogens with zero attached hydrogens (tertiary/aromatic N) is 4. The van der Waals surface area contributed by atoms with Crippen molar-refractivity contribution < 1.29 is 23.5 Å². The highest BCUT2D eigenvalue weighted by Crippen LogP contribution is 2.33. The molecule has 5 rings (SSSR count). The van der Waals surface area contributed by atoms with E-state index in [-0.39, 0.29) is 6.10 Å². The molecular formula is C25H26N4O5. The Labute approximate surface area is 197 Å². The number of ether oxygens (including phenoxy) is 4. The smallest absolute Gasteiger partial charge is 0.278 e. The second kappa shape index (κ2) is 9.56. The van der Waals surface area contributed by atoms with Gasteiger partial charge in [0.15, 0.2) is 17.2 Å². The summed E-state index contributed by atoms with van der Waals surface area (Å²) in [7, 11) is 1.61. The average Bonchev–Trinajstić information content (AvgIpc) is 3.52. The van der Waals surface area contributed by atoms with Crippen molar-refractivity contribution in [2.24, 2.45) is 0 Å². The number of rotatable bonds is 8. The van der Waals surface area contributed by atoms with Crippen LogP contribution in [0.3, 0.4) is 0 Å². The minimum absolute atomic E-state index is 0.0922. The van der Waals surface area contributed by atoms with E-state index in [2.05, 4.69) is 10.1 Å². The van der Waals surface area contributed by atoms with Crippen LogP contribution in [-0.4, -0.2) is 40.2 Å². The first-order chi connectivity index (χ1) is 16.7. The Morgan fingerprint density at radius 2 is 1.82 bits per heavy atom. The number of methoxy groups -OCH3 is 1. The minimum Gasteiger partial charge on any atom is -0.494 e. The van der Waals surface area contributed by atoms with E-state index in [9.17, 15) is 0 Å². The van der Waals surface area contributed by atoms with E-state index in [1.54, 1.807) is 7.11 Å². The van der Waals surface area contributed by atoms with Gasteiger partial charge in [0.1, 0.15) is 11.9 Å². The van der Waals surface area contributed by atoms with Crippen molar-refractivity contribution >= 4 is 0 Å². The lowest BCUT2D eigenvalue weighted by Crippen LogP contribution is -2.21. The van der Waals surface area contributed by atoms with Gasteiger partial charge in [-0.1, -0.05) is 17.3 Å². The molecule has 1 atom stereocenters. The van der Waals surface area contributed by atoms with Crippen LogP contribution in [0, 0.1) is 0 Å². The highest BCUT2D eigenvalue weighted by molar-refractivity contribution is 5.62. The van der Waals surface area contributed by atoms with E-state index < -0.39 is 0 Å². The van der Waals surface area contributed by atoms with Crippen molar-refractivity contribution in [3.63, 3.8) is 0 Å². The molecule has 0 N–H and O–H groups in total. The van der Waals surface area contributed by atoms with E-state index >= 15 is 0 Å². The van der Waals surface area contributed by atoms with Crippen LogP contribution in [-0.2, 0) is 17.9 Å². The Morgan fingerprint density at radius 3 is 2.59 bits per heavy atom. The van der Waals surface area contributed by atoms with Crippen LogP contribution in [0.5, 0.6) is 17.2 Å². The highest BCUT2D eigenvalue weighted by Gasteiger charge is 2.24. The maximum absolute atomic E-state index is 6.08. The first kappa shape index (κ1) is 22.0. The van der Waals surface area contributed by atoms with Crippen molar-refractivity contribution in [3.05, 3.63) is 59.8 Å². The minimum atomic E-state index is -0.0922. The third kappa shape index (κ3) is 4.34. The molecule has 0 spiro atoms. The third-order valence-electron chi connectivity index (χ3n) is 5.56. The van der Waals surface area contributed by atoms with Crippen molar-refractivity contribution in [2.75, 3.05) is 20.3 Å². The van der Waals surface area contributed by atoms with E-state index in [1.807, 2.05) is 67.1 Å². The lowest BCUT2D eigenvalue weighted by Gasteiger charge is -2.24. The number of hydrogen-bond donors (Lipinski definition) is 0. The molecule has 0 aliphatic carbocycles. The monoisotopic (exact) mass is 462 g/mol. The van der Waals surface area contributed by atoms with Gasteiger partial charge in [0, 0.05) is 5.56 Å². The number of hydrogen-bond acceptors (Lipinski definition) is 8. The molecule has 0 amide bonds. The van der Waals surface area contributed by atoms with Crippen LogP contribution < -0.4 is 14.2 Å². The number of aromatic nitrogens is 4. The summed E-state index contributed by atoms with van der Waals surface area (Å²) < 4.78 is 30.1. The quantitative estimate of drug-likeness (QED) is 0.373. The Balaban J connectivity index is 1.34. The van der Waals surface area contributed by atoms with Crippen LogP contribution in [0.15, 0.2) is 53.1 Å². The summed E-state index contributed by atoms with van der Waals surface area (Å²) in [5.74, 6) is 2.93. The molecule has 0 fully saturated rings. The topological polar surface area (TPSA) is 93.7 Å². The van der Waals surface area contributed by atoms with Crippen molar-refractivity contribution in [1.29, 1.82) is 0 Å². The molecule has 176 valence electrons. The number of fused-ring (bicyclic) bond motifs is 1. The Morgan fingerprint density at radius 1 is 1.00 bits per heavy atom. The lowest BCUT2D eigenvalue weighted by molar-refractivity contribution is -0.00115. The molecule has 2 aromatic carbocycles. The summed E-state index contributed by atoms with van der Waals surface area (Å²) in [5, 5.41) is 8.83. The molecule has 1 aliphatic rings. The molecule has 1 aliphatic heterocycles. The summed E-state index contributed by atoms with van der Waals surface area (Å²) in [4.78, 5) is 4.55. The summed E-state index contributed by atoms with van der Waals surface area (Å²) >= 11 is 0. The first-order valence-corrected chi connectivity index (χ1v) is 11.2. The molecule has 3 heterocycles. The van der Waals surface area contributed by atoms with E-state index in [4.69, 9.17) is 28.6 Å². The average molecular weight is 463 g/mol. The zero-order valence-corrected chi connectivity index (χ0v) is 19.4. The van der Waals surface area contributed by atoms with Gasteiger partial charge in [0.2, 0.25) is 5.82 Å². The molecule has 0 unspecified atom stereocenters. The van der Waals surface area contributed by atoms with Crippen LogP contribution in [0.2, 0.25) is 0 Å². The standard InChI is InChI=1S/C25H26N4O5/c1-4-31-19-9-6-16(7-10-19)23-14-29-18(15-33-23)13-20(27-29)25-26-24(28-34-25)17-8-11-21(30-3)22(12-17)32-5-2/h6-13,23H,4-5,14-15H2,1-3H3/t23-/m1/s1. The van der Waals surface area contributed by atoms with Gasteiger partial charge in [0.25, 0.3) is 5.89 Å². The molecule has 9 nitrogen and oxygen atoms in total. The van der Waals surface area contributed by atoms with Gasteiger partial charge >= 0.3 is 0 Å². The summed E-state index contributed by atoms with van der Waals surface area (Å²) in [6.45, 7) is 6.10. The van der Waals surface area contributed by atoms with Gasteiger partial charge in [-0.05, 0) is 55.8 Å². The molecule has 2 aromatic heterocycles. The summed E-state index contributed by atoms with van der Waals surface area (Å²) in [6.07, 6.45) is -0.0922. The maximum Gasteiger partial charge on any atom is 0.278 e. The second-order valence-corrected chi connectivity index (χ2v) is 7.73. The highest BCUT2D eigenvalue weighted by atomic mass is 16.5. The van der Waals surface area contributed by atoms with E-state index in [0.717, 1.165) is 22.6 Å². The molecule has 0 saturated carbocycles. The van der Waals surface area contributed by atoms with Gasteiger partial charge in [-0.2, -0.15) is 10.1 Å². The normalized spacial score (nSPS) is 15.1. The Bertz CT molecular complexity index is 1260. The zero-order valence-electron chi connectivity index (χ0n) is 19.4. The largest absolute Gasteiger partial charge is 0.494 e. The molecular weight excluding hydrogens is 436 g/mol. The third-order valence-corrected chi connectivity index (χ3v) is 5.56. The second-order valence-electron chi connectivity index (χ2n) is 7.73. The molecule has 34 heavy (non-hydrogen) atoms. The summed E-state index contributed by atoms with van der Waals surface area (Å²) in [6, 6.07) is 15.4. The summed E-state index contributed by atoms with van der Waals surface area (Å²) in [5.41, 5.74) is 3.42. The van der Waals surface area contributed by atoms with Gasteiger partial charge in [-0.3, -0.25) is 4.68 Å². The fraction of sp³-hybridized carbons (Fsp3) is 0.320. The molecule has 4 aromatic rings. The fourth-order valence-corrected chi connectivity index (χ4v) is 3.91. The van der Waals surface area contributed by atoms with Gasteiger partial charge in [-0.15, -0.1) is 0 Å². The Hall–Kier alpha value is -3.85. The predicted molar refractivity (Wildman–Crippen MR) is 124 cm³/mol. The molecule has 0 bridgehead atoms. The van der Waals surface area contributed by atoms with Gasteiger partial charge in [0.05, 0.1) is 39.2 Å². The molecule has 0 radical (unpaired) electrons. The van der Waals surface area contributed by atoms with E-state index in [1.165, 1.54) is 0 Å². The van der Waals surface area contributed by atoms with Crippen LogP contribution in [0.1, 0.15) is 31.2 Å². The first-order valence-electron chi connectivity index (χ1n) is 11.2. The van der Waals surface area contributed by atoms with Crippen molar-refractivity contribution in [3.8, 4) is 40.2 Å². The molecule has 0 saturated heterocycles. The Kier molecular flexibility index (Phi) is 6.18. The van der Waals surface area contributed by atoms with E-state index in [0.29, 0.717) is 55.3 Å². The predicted octanol–water partition coefficient (Wildman–Crippen LogP) is 4.68. The van der Waals surface area contributed by atoms with Crippen molar-refractivity contribution in [1.82, 2.24) is 19.9 Å². The lowest BCUT2D eigenvalue weighted by atomic mass is 10.1. The fourth-order valence-electron chi connectivity index (χ4n) is 3.91. The van der Waals surface area contributed by atoms with Gasteiger partial charge in [-0.25, -0.2) is 0 Å². The maximum atomic E-state index is 6.08. The van der Waals surface area contributed by atoms with Crippen LogP contribution in [0.25, 0.3) is 23.0 Å².